The maximum atomic E-state index is 14.3. The highest BCUT2D eigenvalue weighted by molar-refractivity contribution is 9.10. The van der Waals surface area contributed by atoms with Crippen LogP contribution in [0.5, 0.6) is 0 Å². The molecule has 140 valence electrons. The number of hydrogen-bond donors (Lipinski definition) is 1. The Morgan fingerprint density at radius 2 is 1.93 bits per heavy atom. The topological polar surface area (TPSA) is 69.0 Å². The van der Waals surface area contributed by atoms with Crippen molar-refractivity contribution in [3.63, 3.8) is 0 Å². The van der Waals surface area contributed by atoms with Crippen LogP contribution in [0.15, 0.2) is 46.9 Å². The first kappa shape index (κ1) is 19.0. The molecule has 0 aliphatic rings. The van der Waals surface area contributed by atoms with Crippen molar-refractivity contribution in [2.75, 3.05) is 5.32 Å². The minimum absolute atomic E-state index is 0.00860. The summed E-state index contributed by atoms with van der Waals surface area (Å²) >= 11 is 2.92. The van der Waals surface area contributed by atoms with Crippen LogP contribution in [0.25, 0.3) is 11.3 Å². The van der Waals surface area contributed by atoms with Gasteiger partial charge in [-0.15, -0.1) is 5.10 Å². The number of carbonyl (C=O) groups is 1. The van der Waals surface area contributed by atoms with Crippen molar-refractivity contribution in [2.45, 2.75) is 13.0 Å². The quantitative estimate of drug-likeness (QED) is 0.594. The molecule has 2 aromatic carbocycles. The second-order valence-electron chi connectivity index (χ2n) is 5.74. The Bertz CT molecular complexity index is 979. The van der Waals surface area contributed by atoms with Crippen LogP contribution in [0.2, 0.25) is 0 Å². The van der Waals surface area contributed by atoms with Gasteiger partial charge in [0.05, 0.1) is 4.47 Å². The minimum atomic E-state index is -0.768. The standard InChI is InChI=1S/C18H15BrF2N4O2/c1-10(11-6-4-3-5-7-11)27-18(26)22-17-16(23-24-25(17)2)12-8-15(21)13(19)9-14(12)20/h3-10H,1-2H3,(H,22,26). The second kappa shape index (κ2) is 7.83. The minimum Gasteiger partial charge on any atom is -0.441 e. The summed E-state index contributed by atoms with van der Waals surface area (Å²) in [6.07, 6.45) is -1.27. The van der Waals surface area contributed by atoms with Gasteiger partial charge in [-0.1, -0.05) is 35.5 Å². The van der Waals surface area contributed by atoms with E-state index in [0.29, 0.717) is 0 Å². The summed E-state index contributed by atoms with van der Waals surface area (Å²) in [6, 6.07) is 11.1. The maximum Gasteiger partial charge on any atom is 0.413 e. The van der Waals surface area contributed by atoms with Crippen LogP contribution in [-0.4, -0.2) is 21.1 Å². The molecule has 27 heavy (non-hydrogen) atoms. The summed E-state index contributed by atoms with van der Waals surface area (Å²) in [5, 5.41) is 10.1. The lowest BCUT2D eigenvalue weighted by Crippen LogP contribution is -2.18. The highest BCUT2D eigenvalue weighted by Gasteiger charge is 2.21. The molecule has 1 aromatic heterocycles. The van der Waals surface area contributed by atoms with E-state index in [1.165, 1.54) is 11.7 Å². The lowest BCUT2D eigenvalue weighted by atomic mass is 10.1. The van der Waals surface area contributed by atoms with Gasteiger partial charge in [-0.25, -0.2) is 18.3 Å². The zero-order valence-corrected chi connectivity index (χ0v) is 16.0. The van der Waals surface area contributed by atoms with Gasteiger partial charge in [0.2, 0.25) is 0 Å². The van der Waals surface area contributed by atoms with E-state index in [-0.39, 0.29) is 21.5 Å². The smallest absolute Gasteiger partial charge is 0.413 e. The third-order valence-corrected chi connectivity index (χ3v) is 4.47. The molecule has 1 unspecified atom stereocenters. The molecule has 0 fully saturated rings. The number of benzene rings is 2. The van der Waals surface area contributed by atoms with Gasteiger partial charge in [0.15, 0.2) is 5.82 Å². The van der Waals surface area contributed by atoms with Crippen molar-refractivity contribution in [1.29, 1.82) is 0 Å². The molecule has 6 nitrogen and oxygen atoms in total. The van der Waals surface area contributed by atoms with E-state index in [1.54, 1.807) is 6.92 Å². The fourth-order valence-corrected chi connectivity index (χ4v) is 2.78. The first-order chi connectivity index (χ1) is 12.9. The molecule has 0 saturated heterocycles. The van der Waals surface area contributed by atoms with Gasteiger partial charge in [0, 0.05) is 12.6 Å². The van der Waals surface area contributed by atoms with Crippen molar-refractivity contribution < 1.29 is 18.3 Å². The van der Waals surface area contributed by atoms with Crippen molar-refractivity contribution in [3.8, 4) is 11.3 Å². The van der Waals surface area contributed by atoms with E-state index >= 15 is 0 Å². The van der Waals surface area contributed by atoms with Gasteiger partial charge in [-0.3, -0.25) is 5.32 Å². The van der Waals surface area contributed by atoms with Gasteiger partial charge in [0.25, 0.3) is 0 Å². The molecule has 3 rings (SSSR count). The van der Waals surface area contributed by atoms with Gasteiger partial charge in [0.1, 0.15) is 23.4 Å². The van der Waals surface area contributed by atoms with Crippen molar-refractivity contribution in [1.82, 2.24) is 15.0 Å². The number of aryl methyl sites for hydroxylation is 1. The van der Waals surface area contributed by atoms with E-state index in [0.717, 1.165) is 17.7 Å². The molecule has 0 radical (unpaired) electrons. The average molecular weight is 437 g/mol. The molecule has 1 heterocycles. The fraction of sp³-hybridized carbons (Fsp3) is 0.167. The number of hydrogen-bond acceptors (Lipinski definition) is 4. The third kappa shape index (κ3) is 4.13. The largest absolute Gasteiger partial charge is 0.441 e. The summed E-state index contributed by atoms with van der Waals surface area (Å²) in [7, 11) is 1.51. The second-order valence-corrected chi connectivity index (χ2v) is 6.59. The lowest BCUT2D eigenvalue weighted by Gasteiger charge is -2.14. The Kier molecular flexibility index (Phi) is 5.50. The Balaban J connectivity index is 1.83. The van der Waals surface area contributed by atoms with E-state index in [2.05, 4.69) is 31.6 Å². The zero-order valence-electron chi connectivity index (χ0n) is 14.4. The number of nitrogens with one attached hydrogen (secondary N) is 1. The summed E-state index contributed by atoms with van der Waals surface area (Å²) in [5.41, 5.74) is 0.679. The number of amides is 1. The molecule has 9 heteroatoms. The summed E-state index contributed by atoms with van der Waals surface area (Å²) in [6.45, 7) is 1.72. The Morgan fingerprint density at radius 3 is 2.63 bits per heavy atom. The molecule has 1 N–H and O–H groups in total. The van der Waals surface area contributed by atoms with Crippen LogP contribution >= 0.6 is 15.9 Å². The zero-order chi connectivity index (χ0) is 19.6. The monoisotopic (exact) mass is 436 g/mol. The van der Waals surface area contributed by atoms with E-state index in [1.807, 2.05) is 30.3 Å². The molecular formula is C18H15BrF2N4O2. The molecule has 1 amide bonds. The number of rotatable bonds is 4. The molecular weight excluding hydrogens is 422 g/mol. The van der Waals surface area contributed by atoms with Gasteiger partial charge >= 0.3 is 6.09 Å². The number of nitrogens with zero attached hydrogens (tertiary/aromatic N) is 3. The summed E-state index contributed by atoms with van der Waals surface area (Å²) < 4.78 is 34.6. The van der Waals surface area contributed by atoms with Crippen LogP contribution in [-0.2, 0) is 11.8 Å². The molecule has 1 atom stereocenters. The van der Waals surface area contributed by atoms with Crippen molar-refractivity contribution in [2.24, 2.45) is 7.05 Å². The van der Waals surface area contributed by atoms with Crippen molar-refractivity contribution >= 4 is 27.8 Å². The Morgan fingerprint density at radius 1 is 1.22 bits per heavy atom. The van der Waals surface area contributed by atoms with Gasteiger partial charge in [-0.2, -0.15) is 0 Å². The van der Waals surface area contributed by atoms with Crippen LogP contribution in [0.3, 0.4) is 0 Å². The highest BCUT2D eigenvalue weighted by Crippen LogP contribution is 2.31. The number of carbonyl (C=O) groups excluding carboxylic acids is 1. The number of aromatic nitrogens is 3. The highest BCUT2D eigenvalue weighted by atomic mass is 79.9. The van der Waals surface area contributed by atoms with Gasteiger partial charge < -0.3 is 4.74 Å². The molecule has 3 aromatic rings. The summed E-state index contributed by atoms with van der Waals surface area (Å²) in [5.74, 6) is -1.29. The number of anilines is 1. The molecule has 0 spiro atoms. The van der Waals surface area contributed by atoms with Gasteiger partial charge in [-0.05, 0) is 40.5 Å². The maximum absolute atomic E-state index is 14.3. The fourth-order valence-electron chi connectivity index (χ4n) is 2.46. The predicted molar refractivity (Wildman–Crippen MR) is 99.0 cm³/mol. The third-order valence-electron chi connectivity index (χ3n) is 3.87. The first-order valence-corrected chi connectivity index (χ1v) is 8.73. The summed E-state index contributed by atoms with van der Waals surface area (Å²) in [4.78, 5) is 12.3. The SMILES string of the molecule is CC(OC(=O)Nc1c(-c2cc(F)c(Br)cc2F)nnn1C)c1ccccc1. The normalized spacial score (nSPS) is 11.9. The number of halogens is 3. The Hall–Kier alpha value is -2.81. The molecule has 0 bridgehead atoms. The molecule has 0 aliphatic heterocycles. The number of ether oxygens (including phenoxy) is 1. The molecule has 0 aliphatic carbocycles. The van der Waals surface area contributed by atoms with E-state index in [4.69, 9.17) is 4.74 Å². The van der Waals surface area contributed by atoms with Crippen LogP contribution in [0, 0.1) is 11.6 Å². The van der Waals surface area contributed by atoms with E-state index in [9.17, 15) is 13.6 Å². The van der Waals surface area contributed by atoms with Crippen LogP contribution in [0.4, 0.5) is 19.4 Å². The average Bonchev–Trinajstić information content (AvgIpc) is 2.99. The Labute approximate surface area is 162 Å². The molecule has 0 saturated carbocycles. The van der Waals surface area contributed by atoms with E-state index < -0.39 is 23.8 Å². The predicted octanol–water partition coefficient (Wildman–Crippen LogP) is 4.83. The first-order valence-electron chi connectivity index (χ1n) is 7.94. The van der Waals surface area contributed by atoms with Crippen molar-refractivity contribution in [3.05, 3.63) is 64.1 Å². The van der Waals surface area contributed by atoms with Crippen LogP contribution in [0.1, 0.15) is 18.6 Å². The van der Waals surface area contributed by atoms with Crippen LogP contribution < -0.4 is 5.32 Å². The lowest BCUT2D eigenvalue weighted by molar-refractivity contribution is 0.121.